The first-order valence-electron chi connectivity index (χ1n) is 12.6. The molecule has 0 saturated heterocycles. The van der Waals surface area contributed by atoms with E-state index in [1.807, 2.05) is 52.6 Å². The van der Waals surface area contributed by atoms with E-state index in [9.17, 15) is 4.79 Å². The number of urea groups is 1. The molecule has 3 aliphatic rings. The van der Waals surface area contributed by atoms with Crippen molar-refractivity contribution >= 4 is 23.1 Å². The van der Waals surface area contributed by atoms with Crippen molar-refractivity contribution in [3.8, 4) is 22.2 Å². The second-order valence-electron chi connectivity index (χ2n) is 9.60. The number of hydrogen-bond donors (Lipinski definition) is 1. The largest absolute Gasteiger partial charge is 0.497 e. The summed E-state index contributed by atoms with van der Waals surface area (Å²) in [6.45, 7) is 0.723. The Bertz CT molecular complexity index is 1510. The van der Waals surface area contributed by atoms with Crippen LogP contribution in [0.15, 0.2) is 60.8 Å². The monoisotopic (exact) mass is 513 g/mol. The van der Waals surface area contributed by atoms with E-state index >= 15 is 0 Å². The van der Waals surface area contributed by atoms with E-state index < -0.39 is 0 Å². The zero-order valence-electron chi connectivity index (χ0n) is 20.5. The molecular formula is C29H27N3O4S. The average Bonchev–Trinajstić information content (AvgIpc) is 3.65. The Kier molecular flexibility index (Phi) is 5.35. The highest BCUT2D eigenvalue weighted by molar-refractivity contribution is 7.15. The molecule has 1 aliphatic carbocycles. The smallest absolute Gasteiger partial charge is 0.322 e. The van der Waals surface area contributed by atoms with Crippen molar-refractivity contribution in [2.45, 2.75) is 38.3 Å². The van der Waals surface area contributed by atoms with Crippen LogP contribution in [0.4, 0.5) is 10.5 Å². The Morgan fingerprint density at radius 1 is 1.03 bits per heavy atom. The molecule has 4 aromatic rings. The summed E-state index contributed by atoms with van der Waals surface area (Å²) in [7, 11) is 1.67. The van der Waals surface area contributed by atoms with Crippen molar-refractivity contribution in [3.05, 3.63) is 88.1 Å². The number of thiophene rings is 1. The molecule has 2 aliphatic heterocycles. The molecule has 2 amide bonds. The van der Waals surface area contributed by atoms with E-state index in [4.69, 9.17) is 14.2 Å². The Labute approximate surface area is 219 Å². The molecule has 7 nitrogen and oxygen atoms in total. The highest BCUT2D eigenvalue weighted by atomic mass is 32.1. The van der Waals surface area contributed by atoms with Gasteiger partial charge in [0.05, 0.1) is 25.4 Å². The van der Waals surface area contributed by atoms with Gasteiger partial charge in [0.25, 0.3) is 0 Å². The molecule has 188 valence electrons. The van der Waals surface area contributed by atoms with Crippen LogP contribution in [0.2, 0.25) is 0 Å². The van der Waals surface area contributed by atoms with E-state index in [1.165, 1.54) is 33.8 Å². The van der Waals surface area contributed by atoms with Gasteiger partial charge >= 0.3 is 6.03 Å². The maximum Gasteiger partial charge on any atom is 0.322 e. The number of nitrogens with zero attached hydrogens (tertiary/aromatic N) is 2. The van der Waals surface area contributed by atoms with Crippen molar-refractivity contribution in [2.24, 2.45) is 0 Å². The Morgan fingerprint density at radius 2 is 1.92 bits per heavy atom. The summed E-state index contributed by atoms with van der Waals surface area (Å²) >= 11 is 1.88. The third-order valence-corrected chi connectivity index (χ3v) is 8.81. The molecule has 0 bridgehead atoms. The number of amides is 2. The van der Waals surface area contributed by atoms with E-state index in [2.05, 4.69) is 34.3 Å². The number of carbonyl (C=O) groups excluding carboxylic acids is 1. The highest BCUT2D eigenvalue weighted by Gasteiger charge is 2.36. The minimum atomic E-state index is -0.294. The number of anilines is 1. The maximum atomic E-state index is 14.1. The Hall–Kier alpha value is -3.91. The van der Waals surface area contributed by atoms with Crippen LogP contribution in [0.3, 0.4) is 0 Å². The molecule has 37 heavy (non-hydrogen) atoms. The summed E-state index contributed by atoms with van der Waals surface area (Å²) in [6, 6.07) is 17.3. The molecule has 4 heterocycles. The van der Waals surface area contributed by atoms with Gasteiger partial charge in [-0.3, -0.25) is 0 Å². The third-order valence-electron chi connectivity index (χ3n) is 7.47. The SMILES string of the molecule is COc1cccc(C2c3cccn3-c3sc4c(c3CN2C(=O)Nc2ccc3c(c2)OCO3)CCCC4)c1. The van der Waals surface area contributed by atoms with Gasteiger partial charge in [-0.25, -0.2) is 4.79 Å². The van der Waals surface area contributed by atoms with Crippen molar-refractivity contribution in [1.82, 2.24) is 9.47 Å². The standard InChI is InChI=1S/C29H27N3O4S/c1-34-20-7-4-6-18(14-20)27-23-9-5-13-31(23)28-22(21-8-2-3-10-26(21)37-28)16-32(27)29(33)30-19-11-12-24-25(15-19)36-17-35-24/h4-7,9,11-15,27H,2-3,8,10,16-17H2,1H3,(H,30,33). The number of nitrogens with one attached hydrogen (secondary N) is 1. The number of benzene rings is 2. The lowest BCUT2D eigenvalue weighted by Gasteiger charge is -2.31. The van der Waals surface area contributed by atoms with Gasteiger partial charge in [-0.2, -0.15) is 0 Å². The van der Waals surface area contributed by atoms with Crippen LogP contribution in [0.1, 0.15) is 46.1 Å². The molecule has 2 aromatic carbocycles. The lowest BCUT2D eigenvalue weighted by atomic mass is 9.95. The van der Waals surface area contributed by atoms with Crippen LogP contribution < -0.4 is 19.5 Å². The molecule has 1 atom stereocenters. The van der Waals surface area contributed by atoms with Crippen molar-refractivity contribution < 1.29 is 19.0 Å². The van der Waals surface area contributed by atoms with Gasteiger partial charge in [-0.1, -0.05) is 12.1 Å². The van der Waals surface area contributed by atoms with E-state index in [-0.39, 0.29) is 18.9 Å². The molecule has 0 fully saturated rings. The summed E-state index contributed by atoms with van der Waals surface area (Å²) < 4.78 is 18.8. The van der Waals surface area contributed by atoms with E-state index in [0.717, 1.165) is 29.8 Å². The number of ether oxygens (including phenoxy) is 3. The van der Waals surface area contributed by atoms with Crippen LogP contribution in [0.25, 0.3) is 5.00 Å². The molecule has 0 radical (unpaired) electrons. The predicted molar refractivity (Wildman–Crippen MR) is 142 cm³/mol. The predicted octanol–water partition coefficient (Wildman–Crippen LogP) is 6.29. The van der Waals surface area contributed by atoms with Crippen molar-refractivity contribution in [2.75, 3.05) is 19.2 Å². The van der Waals surface area contributed by atoms with Crippen molar-refractivity contribution in [1.29, 1.82) is 0 Å². The molecule has 0 spiro atoms. The summed E-state index contributed by atoms with van der Waals surface area (Å²) in [5, 5.41) is 4.37. The van der Waals surface area contributed by atoms with Crippen LogP contribution in [-0.4, -0.2) is 29.4 Å². The number of rotatable bonds is 3. The summed E-state index contributed by atoms with van der Waals surface area (Å²) in [5.74, 6) is 2.10. The molecule has 1 unspecified atom stereocenters. The zero-order chi connectivity index (χ0) is 24.9. The normalized spacial score (nSPS) is 17.4. The number of fused-ring (bicyclic) bond motifs is 6. The van der Waals surface area contributed by atoms with Crippen molar-refractivity contribution in [3.63, 3.8) is 0 Å². The first-order valence-corrected chi connectivity index (χ1v) is 13.4. The zero-order valence-corrected chi connectivity index (χ0v) is 21.3. The highest BCUT2D eigenvalue weighted by Crippen LogP contribution is 2.44. The number of aromatic nitrogens is 1. The van der Waals surface area contributed by atoms with E-state index in [1.54, 1.807) is 7.11 Å². The van der Waals surface area contributed by atoms with Gasteiger partial charge in [0.1, 0.15) is 10.8 Å². The number of carbonyl (C=O) groups is 1. The van der Waals surface area contributed by atoms with Gasteiger partial charge in [-0.15, -0.1) is 11.3 Å². The lowest BCUT2D eigenvalue weighted by Crippen LogP contribution is -2.38. The quantitative estimate of drug-likeness (QED) is 0.350. The van der Waals surface area contributed by atoms with Gasteiger partial charge in [0, 0.05) is 28.4 Å². The second kappa shape index (κ2) is 8.88. The molecule has 8 heteroatoms. The first kappa shape index (κ1) is 22.3. The molecule has 2 aromatic heterocycles. The number of hydrogen-bond acceptors (Lipinski definition) is 5. The average molecular weight is 514 g/mol. The Morgan fingerprint density at radius 3 is 2.84 bits per heavy atom. The molecule has 7 rings (SSSR count). The number of methoxy groups -OCH3 is 1. The molecular weight excluding hydrogens is 486 g/mol. The third kappa shape index (κ3) is 3.74. The van der Waals surface area contributed by atoms with Crippen LogP contribution >= 0.6 is 11.3 Å². The van der Waals surface area contributed by atoms with Gasteiger partial charge in [0.15, 0.2) is 11.5 Å². The summed E-state index contributed by atoms with van der Waals surface area (Å²) in [6.07, 6.45) is 6.73. The fourth-order valence-corrected chi connectivity index (χ4v) is 7.12. The fraction of sp³-hybridized carbons (Fsp3) is 0.276. The minimum Gasteiger partial charge on any atom is -0.497 e. The fourth-order valence-electron chi connectivity index (χ4n) is 5.72. The minimum absolute atomic E-state index is 0.164. The second-order valence-corrected chi connectivity index (χ2v) is 10.7. The first-order chi connectivity index (χ1) is 18.2. The Balaban J connectivity index is 1.35. The van der Waals surface area contributed by atoms with Gasteiger partial charge in [-0.05, 0) is 73.2 Å². The van der Waals surface area contributed by atoms with E-state index in [0.29, 0.717) is 23.7 Å². The topological polar surface area (TPSA) is 65.0 Å². The van der Waals surface area contributed by atoms with Crippen LogP contribution in [0, 0.1) is 0 Å². The summed E-state index contributed by atoms with van der Waals surface area (Å²) in [4.78, 5) is 17.5. The maximum absolute atomic E-state index is 14.1. The lowest BCUT2D eigenvalue weighted by molar-refractivity contribution is 0.174. The molecule has 0 saturated carbocycles. The molecule has 1 N–H and O–H groups in total. The van der Waals surface area contributed by atoms with Crippen LogP contribution in [-0.2, 0) is 19.4 Å². The van der Waals surface area contributed by atoms with Gasteiger partial charge < -0.3 is 29.0 Å². The number of aryl methyl sites for hydroxylation is 1. The van der Waals surface area contributed by atoms with Crippen LogP contribution in [0.5, 0.6) is 17.2 Å². The van der Waals surface area contributed by atoms with Gasteiger partial charge in [0.2, 0.25) is 6.79 Å². The summed E-state index contributed by atoms with van der Waals surface area (Å²) in [5.41, 5.74) is 5.43.